The monoisotopic (exact) mass is 371 g/mol. The maximum absolute atomic E-state index is 12.1. The smallest absolute Gasteiger partial charge is 0.258 e. The molecule has 1 aliphatic carbocycles. The second-order valence-electron chi connectivity index (χ2n) is 6.02. The lowest BCUT2D eigenvalue weighted by atomic mass is 10.1. The third-order valence-electron chi connectivity index (χ3n) is 4.22. The van der Waals surface area contributed by atoms with Gasteiger partial charge in [-0.3, -0.25) is 14.0 Å². The summed E-state index contributed by atoms with van der Waals surface area (Å²) in [4.78, 5) is 29.2. The van der Waals surface area contributed by atoms with Crippen LogP contribution in [0.4, 0.5) is 5.69 Å². The molecule has 0 saturated heterocycles. The van der Waals surface area contributed by atoms with Gasteiger partial charge in [-0.25, -0.2) is 4.98 Å². The highest BCUT2D eigenvalue weighted by Crippen LogP contribution is 2.25. The molecule has 0 unspecified atom stereocenters. The van der Waals surface area contributed by atoms with E-state index in [4.69, 9.17) is 0 Å². The summed E-state index contributed by atoms with van der Waals surface area (Å²) in [7, 11) is 0. The number of carbonyl (C=O) groups is 1. The number of nitrogens with one attached hydrogen (secondary N) is 1. The van der Waals surface area contributed by atoms with Gasteiger partial charge in [0.25, 0.3) is 5.56 Å². The largest absolute Gasteiger partial charge is 0.325 e. The molecule has 1 aliphatic rings. The Morgan fingerprint density at radius 1 is 1.28 bits per heavy atom. The van der Waals surface area contributed by atoms with Crippen LogP contribution in [0.3, 0.4) is 0 Å². The van der Waals surface area contributed by atoms with Crippen molar-refractivity contribution in [3.63, 3.8) is 0 Å². The van der Waals surface area contributed by atoms with Crippen molar-refractivity contribution in [2.24, 2.45) is 0 Å². The predicted octanol–water partition coefficient (Wildman–Crippen LogP) is 3.12. The molecule has 0 radical (unpaired) electrons. The first kappa shape index (κ1) is 16.4. The van der Waals surface area contributed by atoms with Gasteiger partial charge in [0.15, 0.2) is 4.96 Å². The summed E-state index contributed by atoms with van der Waals surface area (Å²) in [5.74, 6) is 0.848. The van der Waals surface area contributed by atoms with E-state index >= 15 is 0 Å². The number of nitrogens with zero attached hydrogens (tertiary/aromatic N) is 2. The van der Waals surface area contributed by atoms with Gasteiger partial charge in [-0.15, -0.1) is 23.1 Å². The number of amides is 1. The molecule has 2 aromatic heterocycles. The molecule has 0 aliphatic heterocycles. The molecule has 5 nitrogen and oxygen atoms in total. The molecule has 0 bridgehead atoms. The predicted molar refractivity (Wildman–Crippen MR) is 103 cm³/mol. The van der Waals surface area contributed by atoms with Crippen LogP contribution in [0.2, 0.25) is 0 Å². The first-order chi connectivity index (χ1) is 12.2. The van der Waals surface area contributed by atoms with Crippen LogP contribution in [-0.4, -0.2) is 21.0 Å². The molecule has 1 aromatic carbocycles. The summed E-state index contributed by atoms with van der Waals surface area (Å²) in [5, 5.41) is 4.79. The van der Waals surface area contributed by atoms with Crippen LogP contribution in [0.15, 0.2) is 40.6 Å². The number of thioether (sulfide) groups is 1. The van der Waals surface area contributed by atoms with Crippen molar-refractivity contribution >= 4 is 39.7 Å². The number of anilines is 1. The third kappa shape index (κ3) is 3.62. The Labute approximate surface area is 153 Å². The topological polar surface area (TPSA) is 63.5 Å². The van der Waals surface area contributed by atoms with Gasteiger partial charge in [-0.05, 0) is 42.5 Å². The number of aromatic nitrogens is 2. The molecule has 0 atom stereocenters. The van der Waals surface area contributed by atoms with Gasteiger partial charge in [0.2, 0.25) is 5.91 Å². The number of thiazole rings is 1. The molecule has 25 heavy (non-hydrogen) atoms. The lowest BCUT2D eigenvalue weighted by molar-refractivity contribution is -0.113. The SMILES string of the molecule is O=C(CSCc1cc(=O)n2ccsc2n1)Nc1ccc2c(c1)CCC2. The number of hydrogen-bond donors (Lipinski definition) is 1. The molecule has 128 valence electrons. The number of benzene rings is 1. The first-order valence-corrected chi connectivity index (χ1v) is 10.2. The fraction of sp³-hybridized carbons (Fsp3) is 0.278. The minimum absolute atomic E-state index is 0.0307. The van der Waals surface area contributed by atoms with Crippen LogP contribution >= 0.6 is 23.1 Å². The molecule has 0 saturated carbocycles. The van der Waals surface area contributed by atoms with Crippen LogP contribution in [0.5, 0.6) is 0 Å². The summed E-state index contributed by atoms with van der Waals surface area (Å²) in [6.45, 7) is 0. The Bertz CT molecular complexity index is 993. The van der Waals surface area contributed by atoms with E-state index in [0.717, 1.165) is 18.5 Å². The number of carbonyl (C=O) groups excluding carboxylic acids is 1. The van der Waals surface area contributed by atoms with E-state index in [0.29, 0.717) is 22.2 Å². The van der Waals surface area contributed by atoms with Gasteiger partial charge in [-0.2, -0.15) is 0 Å². The average molecular weight is 371 g/mol. The van der Waals surface area contributed by atoms with Crippen molar-refractivity contribution in [2.45, 2.75) is 25.0 Å². The molecule has 7 heteroatoms. The van der Waals surface area contributed by atoms with E-state index in [1.54, 1.807) is 6.20 Å². The summed E-state index contributed by atoms with van der Waals surface area (Å²) >= 11 is 2.89. The second kappa shape index (κ2) is 7.01. The van der Waals surface area contributed by atoms with Gasteiger partial charge in [0.1, 0.15) is 0 Å². The van der Waals surface area contributed by atoms with Crippen molar-refractivity contribution in [2.75, 3.05) is 11.1 Å². The van der Waals surface area contributed by atoms with Crippen LogP contribution in [0.1, 0.15) is 23.2 Å². The van der Waals surface area contributed by atoms with Gasteiger partial charge in [0.05, 0.1) is 11.4 Å². The Morgan fingerprint density at radius 2 is 2.16 bits per heavy atom. The minimum atomic E-state index is -0.0792. The lowest BCUT2D eigenvalue weighted by Gasteiger charge is -2.07. The molecule has 0 fully saturated rings. The van der Waals surface area contributed by atoms with Crippen LogP contribution < -0.4 is 10.9 Å². The van der Waals surface area contributed by atoms with Crippen LogP contribution in [0, 0.1) is 0 Å². The molecule has 4 rings (SSSR count). The van der Waals surface area contributed by atoms with E-state index < -0.39 is 0 Å². The molecule has 1 amide bonds. The van der Waals surface area contributed by atoms with Crippen molar-refractivity contribution in [1.82, 2.24) is 9.38 Å². The number of hydrogen-bond acceptors (Lipinski definition) is 5. The van der Waals surface area contributed by atoms with Crippen LogP contribution in [-0.2, 0) is 23.4 Å². The molecule has 3 aromatic rings. The van der Waals surface area contributed by atoms with E-state index in [-0.39, 0.29) is 11.5 Å². The molecular formula is C18H17N3O2S2. The fourth-order valence-electron chi connectivity index (χ4n) is 3.06. The summed E-state index contributed by atoms with van der Waals surface area (Å²) < 4.78 is 1.53. The number of fused-ring (bicyclic) bond motifs is 2. The molecule has 1 N–H and O–H groups in total. The van der Waals surface area contributed by atoms with E-state index in [9.17, 15) is 9.59 Å². The Morgan fingerprint density at radius 3 is 3.08 bits per heavy atom. The molecule has 2 heterocycles. The van der Waals surface area contributed by atoms with Crippen molar-refractivity contribution < 1.29 is 4.79 Å². The van der Waals surface area contributed by atoms with Gasteiger partial charge in [-0.1, -0.05) is 6.07 Å². The standard InChI is InChI=1S/C18H17N3O2S2/c22-16(19-14-5-4-12-2-1-3-13(12)8-14)11-24-10-15-9-17(23)21-6-7-25-18(21)20-15/h4-9H,1-3,10-11H2,(H,19,22). The quantitative estimate of drug-likeness (QED) is 0.748. The third-order valence-corrected chi connectivity index (χ3v) is 5.94. The van der Waals surface area contributed by atoms with Gasteiger partial charge < -0.3 is 5.32 Å². The first-order valence-electron chi connectivity index (χ1n) is 8.14. The minimum Gasteiger partial charge on any atom is -0.325 e. The van der Waals surface area contributed by atoms with Crippen molar-refractivity contribution in [3.8, 4) is 0 Å². The van der Waals surface area contributed by atoms with E-state index in [1.165, 1.54) is 51.1 Å². The number of aryl methyl sites for hydroxylation is 2. The maximum atomic E-state index is 12.1. The van der Waals surface area contributed by atoms with E-state index in [1.807, 2.05) is 11.4 Å². The number of rotatable bonds is 5. The summed E-state index contributed by atoms with van der Waals surface area (Å²) in [5.41, 5.74) is 4.24. The molecule has 0 spiro atoms. The zero-order chi connectivity index (χ0) is 17.2. The second-order valence-corrected chi connectivity index (χ2v) is 7.88. The Balaban J connectivity index is 1.33. The average Bonchev–Trinajstić information content (AvgIpc) is 3.23. The zero-order valence-electron chi connectivity index (χ0n) is 13.5. The highest BCUT2D eigenvalue weighted by molar-refractivity contribution is 7.99. The lowest BCUT2D eigenvalue weighted by Crippen LogP contribution is -2.15. The van der Waals surface area contributed by atoms with Crippen LogP contribution in [0.25, 0.3) is 4.96 Å². The van der Waals surface area contributed by atoms with Gasteiger partial charge in [0, 0.05) is 29.1 Å². The zero-order valence-corrected chi connectivity index (χ0v) is 15.2. The van der Waals surface area contributed by atoms with Gasteiger partial charge >= 0.3 is 0 Å². The van der Waals surface area contributed by atoms with Crippen molar-refractivity contribution in [3.05, 3.63) is 63.0 Å². The highest BCUT2D eigenvalue weighted by Gasteiger charge is 2.12. The summed E-state index contributed by atoms with van der Waals surface area (Å²) in [6.07, 6.45) is 5.15. The van der Waals surface area contributed by atoms with E-state index in [2.05, 4.69) is 22.4 Å². The Hall–Kier alpha value is -2.12. The summed E-state index contributed by atoms with van der Waals surface area (Å²) in [6, 6.07) is 7.70. The normalized spacial score (nSPS) is 13.1. The Kier molecular flexibility index (Phi) is 4.59. The highest BCUT2D eigenvalue weighted by atomic mass is 32.2. The fourth-order valence-corrected chi connectivity index (χ4v) is 4.51. The molecular weight excluding hydrogens is 354 g/mol. The maximum Gasteiger partial charge on any atom is 0.258 e. The van der Waals surface area contributed by atoms with Crippen molar-refractivity contribution in [1.29, 1.82) is 0 Å².